The second-order valence-corrected chi connectivity index (χ2v) is 6.14. The van der Waals surface area contributed by atoms with Crippen molar-refractivity contribution in [1.82, 2.24) is 15.5 Å². The second-order valence-electron chi connectivity index (χ2n) is 6.14. The molecule has 25 heavy (non-hydrogen) atoms. The SMILES string of the molecule is CN=C(NCCc1ccccc1)NCc1ccc(CN(C)C)cc1.I. The first-order valence-electron chi connectivity index (χ1n) is 8.38. The van der Waals surface area contributed by atoms with Crippen molar-refractivity contribution in [3.05, 3.63) is 71.3 Å². The van der Waals surface area contributed by atoms with Crippen LogP contribution in [0.4, 0.5) is 0 Å². The molecular formula is C20H29IN4. The molecule has 0 bridgehead atoms. The number of rotatable bonds is 7. The molecule has 0 atom stereocenters. The van der Waals surface area contributed by atoms with E-state index in [0.717, 1.165) is 32.0 Å². The van der Waals surface area contributed by atoms with Crippen LogP contribution in [0, 0.1) is 0 Å². The molecule has 136 valence electrons. The molecule has 2 N–H and O–H groups in total. The standard InChI is InChI=1S/C20H28N4.HI/c1-21-20(22-14-13-17-7-5-4-6-8-17)23-15-18-9-11-19(12-10-18)16-24(2)3;/h4-12H,13-16H2,1-3H3,(H2,21,22,23);1H. The molecule has 0 spiro atoms. The van der Waals surface area contributed by atoms with E-state index in [-0.39, 0.29) is 24.0 Å². The van der Waals surface area contributed by atoms with Gasteiger partial charge in [0.1, 0.15) is 0 Å². The lowest BCUT2D eigenvalue weighted by molar-refractivity contribution is 0.402. The first kappa shape index (κ1) is 21.4. The summed E-state index contributed by atoms with van der Waals surface area (Å²) < 4.78 is 0. The highest BCUT2D eigenvalue weighted by molar-refractivity contribution is 14.0. The van der Waals surface area contributed by atoms with Crippen molar-refractivity contribution in [2.45, 2.75) is 19.5 Å². The molecule has 0 radical (unpaired) electrons. The maximum atomic E-state index is 4.28. The van der Waals surface area contributed by atoms with Crippen molar-refractivity contribution in [1.29, 1.82) is 0 Å². The third kappa shape index (κ3) is 8.36. The fourth-order valence-corrected chi connectivity index (χ4v) is 2.50. The number of hydrogen-bond acceptors (Lipinski definition) is 2. The van der Waals surface area contributed by atoms with Gasteiger partial charge in [0.25, 0.3) is 0 Å². The van der Waals surface area contributed by atoms with Crippen molar-refractivity contribution in [3.8, 4) is 0 Å². The maximum absolute atomic E-state index is 4.28. The molecule has 0 unspecified atom stereocenters. The van der Waals surface area contributed by atoms with Crippen LogP contribution < -0.4 is 10.6 Å². The van der Waals surface area contributed by atoms with Crippen molar-refractivity contribution in [2.75, 3.05) is 27.7 Å². The predicted octanol–water partition coefficient (Wildman–Crippen LogP) is 3.27. The van der Waals surface area contributed by atoms with Gasteiger partial charge in [-0.3, -0.25) is 4.99 Å². The predicted molar refractivity (Wildman–Crippen MR) is 118 cm³/mol. The Bertz CT molecular complexity index is 624. The summed E-state index contributed by atoms with van der Waals surface area (Å²) in [4.78, 5) is 6.45. The minimum absolute atomic E-state index is 0. The van der Waals surface area contributed by atoms with E-state index >= 15 is 0 Å². The van der Waals surface area contributed by atoms with Gasteiger partial charge in [-0.25, -0.2) is 0 Å². The first-order valence-corrected chi connectivity index (χ1v) is 8.38. The van der Waals surface area contributed by atoms with Crippen LogP contribution in [-0.2, 0) is 19.5 Å². The zero-order valence-corrected chi connectivity index (χ0v) is 17.7. The number of benzene rings is 2. The largest absolute Gasteiger partial charge is 0.356 e. The van der Waals surface area contributed by atoms with Gasteiger partial charge in [0, 0.05) is 26.7 Å². The molecule has 0 heterocycles. The molecule has 0 aliphatic carbocycles. The van der Waals surface area contributed by atoms with Crippen LogP contribution >= 0.6 is 24.0 Å². The molecule has 2 rings (SSSR count). The molecule has 0 saturated carbocycles. The number of nitrogens with zero attached hydrogens (tertiary/aromatic N) is 2. The minimum atomic E-state index is 0. The van der Waals surface area contributed by atoms with E-state index in [1.807, 2.05) is 6.07 Å². The zero-order chi connectivity index (χ0) is 17.2. The Hall–Kier alpha value is -1.60. The second kappa shape index (κ2) is 11.9. The fourth-order valence-electron chi connectivity index (χ4n) is 2.50. The van der Waals surface area contributed by atoms with Gasteiger partial charge in [-0.1, -0.05) is 54.6 Å². The van der Waals surface area contributed by atoms with Gasteiger partial charge in [0.15, 0.2) is 5.96 Å². The van der Waals surface area contributed by atoms with Gasteiger partial charge in [-0.2, -0.15) is 0 Å². The van der Waals surface area contributed by atoms with E-state index in [4.69, 9.17) is 0 Å². The van der Waals surface area contributed by atoms with Gasteiger partial charge in [-0.15, -0.1) is 24.0 Å². The van der Waals surface area contributed by atoms with E-state index in [9.17, 15) is 0 Å². The van der Waals surface area contributed by atoms with Gasteiger partial charge in [0.2, 0.25) is 0 Å². The highest BCUT2D eigenvalue weighted by atomic mass is 127. The fraction of sp³-hybridized carbons (Fsp3) is 0.350. The summed E-state index contributed by atoms with van der Waals surface area (Å²) in [6, 6.07) is 19.2. The van der Waals surface area contributed by atoms with Gasteiger partial charge in [-0.05, 0) is 37.2 Å². The lowest BCUT2D eigenvalue weighted by Crippen LogP contribution is -2.37. The van der Waals surface area contributed by atoms with Gasteiger partial charge in [0.05, 0.1) is 0 Å². The van der Waals surface area contributed by atoms with Crippen molar-refractivity contribution in [2.24, 2.45) is 4.99 Å². The smallest absolute Gasteiger partial charge is 0.191 e. The van der Waals surface area contributed by atoms with Crippen molar-refractivity contribution >= 4 is 29.9 Å². The average Bonchev–Trinajstić information content (AvgIpc) is 2.59. The molecule has 0 saturated heterocycles. The Morgan fingerprint density at radius 2 is 1.52 bits per heavy atom. The summed E-state index contributed by atoms with van der Waals surface area (Å²) in [6.45, 7) is 2.61. The molecule has 2 aromatic carbocycles. The van der Waals surface area contributed by atoms with Crippen LogP contribution in [0.5, 0.6) is 0 Å². The first-order chi connectivity index (χ1) is 11.7. The van der Waals surface area contributed by atoms with Crippen LogP contribution in [0.2, 0.25) is 0 Å². The summed E-state index contributed by atoms with van der Waals surface area (Å²) in [5.74, 6) is 0.836. The van der Waals surface area contributed by atoms with Gasteiger partial charge < -0.3 is 15.5 Å². The number of aliphatic imine (C=N–C) groups is 1. The monoisotopic (exact) mass is 452 g/mol. The van der Waals surface area contributed by atoms with E-state index < -0.39 is 0 Å². The van der Waals surface area contributed by atoms with Crippen LogP contribution in [0.15, 0.2) is 59.6 Å². The number of nitrogens with one attached hydrogen (secondary N) is 2. The molecule has 4 nitrogen and oxygen atoms in total. The Labute approximate surface area is 168 Å². The number of halogens is 1. The van der Waals surface area contributed by atoms with E-state index in [1.54, 1.807) is 7.05 Å². The summed E-state index contributed by atoms with van der Waals surface area (Å²) in [6.07, 6.45) is 0.987. The van der Waals surface area contributed by atoms with Crippen molar-refractivity contribution in [3.63, 3.8) is 0 Å². The van der Waals surface area contributed by atoms with E-state index in [1.165, 1.54) is 16.7 Å². The van der Waals surface area contributed by atoms with E-state index in [2.05, 4.69) is 83.2 Å². The third-order valence-electron chi connectivity index (χ3n) is 3.75. The Morgan fingerprint density at radius 3 is 2.12 bits per heavy atom. The highest BCUT2D eigenvalue weighted by Crippen LogP contribution is 2.06. The highest BCUT2D eigenvalue weighted by Gasteiger charge is 2.00. The number of hydrogen-bond donors (Lipinski definition) is 2. The number of guanidine groups is 1. The molecule has 0 aliphatic heterocycles. The topological polar surface area (TPSA) is 39.7 Å². The summed E-state index contributed by atoms with van der Waals surface area (Å²) in [5, 5.41) is 6.72. The van der Waals surface area contributed by atoms with Gasteiger partial charge >= 0.3 is 0 Å². The maximum Gasteiger partial charge on any atom is 0.191 e. The molecule has 0 aliphatic rings. The van der Waals surface area contributed by atoms with E-state index in [0.29, 0.717) is 0 Å². The third-order valence-corrected chi connectivity index (χ3v) is 3.75. The quantitative estimate of drug-likeness (QED) is 0.385. The van der Waals surface area contributed by atoms with Crippen LogP contribution in [0.1, 0.15) is 16.7 Å². The molecule has 0 aromatic heterocycles. The van der Waals surface area contributed by atoms with Crippen molar-refractivity contribution < 1.29 is 0 Å². The zero-order valence-electron chi connectivity index (χ0n) is 15.3. The Balaban J connectivity index is 0.00000312. The lowest BCUT2D eigenvalue weighted by atomic mass is 10.1. The molecule has 2 aromatic rings. The van der Waals surface area contributed by atoms with Crippen LogP contribution in [0.3, 0.4) is 0 Å². The normalized spacial score (nSPS) is 11.1. The van der Waals surface area contributed by atoms with Crippen LogP contribution in [-0.4, -0.2) is 38.5 Å². The minimum Gasteiger partial charge on any atom is -0.356 e. The summed E-state index contributed by atoms with van der Waals surface area (Å²) >= 11 is 0. The summed E-state index contributed by atoms with van der Waals surface area (Å²) in [7, 11) is 5.97. The molecule has 0 fully saturated rings. The average molecular weight is 452 g/mol. The lowest BCUT2D eigenvalue weighted by Gasteiger charge is -2.13. The molecular weight excluding hydrogens is 423 g/mol. The molecule has 5 heteroatoms. The Kier molecular flexibility index (Phi) is 10.2. The summed E-state index contributed by atoms with van der Waals surface area (Å²) in [5.41, 5.74) is 3.91. The molecule has 0 amide bonds. The Morgan fingerprint density at radius 1 is 0.880 bits per heavy atom. The van der Waals surface area contributed by atoms with Crippen LogP contribution in [0.25, 0.3) is 0 Å².